The van der Waals surface area contributed by atoms with E-state index in [1.165, 1.54) is 28.6 Å². The number of fused-ring (bicyclic) bond motifs is 1. The number of piperidine rings is 1. The molecule has 1 fully saturated rings. The summed E-state index contributed by atoms with van der Waals surface area (Å²) in [4.78, 5) is 12.9. The highest BCUT2D eigenvalue weighted by Crippen LogP contribution is 2.34. The molecule has 1 amide bonds. The quantitative estimate of drug-likeness (QED) is 0.678. The number of halogens is 2. The lowest BCUT2D eigenvalue weighted by Crippen LogP contribution is -2.41. The molecule has 2 aliphatic rings. The molecule has 33 heavy (non-hydrogen) atoms. The van der Waals surface area contributed by atoms with Crippen molar-refractivity contribution in [3.63, 3.8) is 0 Å². The van der Waals surface area contributed by atoms with Gasteiger partial charge in [-0.15, -0.1) is 0 Å². The number of carbonyl (C=O) groups excluding carboxylic acids is 1. The van der Waals surface area contributed by atoms with Crippen molar-refractivity contribution in [2.45, 2.75) is 31.3 Å². The maximum absolute atomic E-state index is 13.1. The second-order valence-corrected chi connectivity index (χ2v) is 9.72. The average molecular weight is 483 g/mol. The van der Waals surface area contributed by atoms with Crippen molar-refractivity contribution < 1.29 is 36.2 Å². The van der Waals surface area contributed by atoms with Crippen LogP contribution in [0.25, 0.3) is 0 Å². The predicted molar refractivity (Wildman–Crippen MR) is 115 cm³/mol. The number of ether oxygens (including phenoxy) is 3. The molecule has 0 aromatic heterocycles. The number of carbonyl (C=O) groups is 1. The van der Waals surface area contributed by atoms with Gasteiger partial charge in [0.2, 0.25) is 15.9 Å². The van der Waals surface area contributed by atoms with Crippen molar-refractivity contribution in [3.05, 3.63) is 42.0 Å². The zero-order valence-corrected chi connectivity index (χ0v) is 18.7. The molecule has 0 saturated carbocycles. The first-order chi connectivity index (χ1) is 15.8. The number of rotatable bonds is 6. The van der Waals surface area contributed by atoms with Crippen LogP contribution in [0.1, 0.15) is 18.4 Å². The van der Waals surface area contributed by atoms with Gasteiger partial charge >= 0.3 is 6.61 Å². The van der Waals surface area contributed by atoms with Crippen LogP contribution in [-0.2, 0) is 14.8 Å². The standard InChI is InChI=1S/C22H24F2N2O6S/c1-14-17(3-2-4-18(14)32-22(23)24)25-21(27)15-7-9-26(10-8-15)33(28,29)16-5-6-19-20(13-16)31-12-11-30-19/h2-6,13,15,22H,7-12H2,1H3,(H,25,27). The molecule has 0 unspecified atom stereocenters. The third-order valence-electron chi connectivity index (χ3n) is 5.73. The molecule has 2 aliphatic heterocycles. The van der Waals surface area contributed by atoms with Crippen LogP contribution in [0, 0.1) is 12.8 Å². The van der Waals surface area contributed by atoms with Crippen LogP contribution in [0.3, 0.4) is 0 Å². The molecule has 2 heterocycles. The van der Waals surface area contributed by atoms with Gasteiger partial charge in [-0.3, -0.25) is 4.79 Å². The van der Waals surface area contributed by atoms with Gasteiger partial charge in [-0.05, 0) is 44.0 Å². The topological polar surface area (TPSA) is 94.2 Å². The molecule has 0 radical (unpaired) electrons. The Labute approximate surface area is 190 Å². The molecule has 1 N–H and O–H groups in total. The molecule has 2 aromatic rings. The molecule has 1 saturated heterocycles. The number of nitrogens with one attached hydrogen (secondary N) is 1. The molecule has 0 bridgehead atoms. The zero-order valence-electron chi connectivity index (χ0n) is 17.9. The van der Waals surface area contributed by atoms with Gasteiger partial charge in [0, 0.05) is 36.3 Å². The van der Waals surface area contributed by atoms with Crippen LogP contribution in [0.15, 0.2) is 41.3 Å². The molecule has 4 rings (SSSR count). The second kappa shape index (κ2) is 9.52. The summed E-state index contributed by atoms with van der Waals surface area (Å²) in [5.74, 6) is 0.196. The van der Waals surface area contributed by atoms with Gasteiger partial charge in [0.15, 0.2) is 11.5 Å². The third-order valence-corrected chi connectivity index (χ3v) is 7.63. The molecule has 2 aromatic carbocycles. The average Bonchev–Trinajstić information content (AvgIpc) is 2.81. The Morgan fingerprint density at radius 3 is 2.52 bits per heavy atom. The maximum atomic E-state index is 13.1. The third kappa shape index (κ3) is 5.03. The lowest BCUT2D eigenvalue weighted by molar-refractivity contribution is -0.120. The highest BCUT2D eigenvalue weighted by Gasteiger charge is 2.33. The van der Waals surface area contributed by atoms with E-state index in [-0.39, 0.29) is 29.6 Å². The summed E-state index contributed by atoms with van der Waals surface area (Å²) in [6, 6.07) is 9.04. The highest BCUT2D eigenvalue weighted by atomic mass is 32.2. The fraction of sp³-hybridized carbons (Fsp3) is 0.409. The van der Waals surface area contributed by atoms with E-state index in [4.69, 9.17) is 9.47 Å². The molecule has 8 nitrogen and oxygen atoms in total. The highest BCUT2D eigenvalue weighted by molar-refractivity contribution is 7.89. The van der Waals surface area contributed by atoms with Gasteiger partial charge in [0.25, 0.3) is 0 Å². The Bertz CT molecular complexity index is 1130. The van der Waals surface area contributed by atoms with Gasteiger partial charge in [-0.1, -0.05) is 6.07 Å². The Balaban J connectivity index is 1.39. The first-order valence-electron chi connectivity index (χ1n) is 10.5. The summed E-state index contributed by atoms with van der Waals surface area (Å²) in [6.45, 7) is -0.249. The van der Waals surface area contributed by atoms with Crippen molar-refractivity contribution in [2.75, 3.05) is 31.6 Å². The lowest BCUT2D eigenvalue weighted by atomic mass is 9.97. The summed E-state index contributed by atoms with van der Waals surface area (Å²) in [5, 5.41) is 2.75. The summed E-state index contributed by atoms with van der Waals surface area (Å²) in [6.07, 6.45) is 0.670. The fourth-order valence-corrected chi connectivity index (χ4v) is 5.39. The van der Waals surface area contributed by atoms with E-state index in [1.807, 2.05) is 0 Å². The van der Waals surface area contributed by atoms with Gasteiger partial charge in [-0.25, -0.2) is 8.42 Å². The molecular weight excluding hydrogens is 458 g/mol. The number of nitrogens with zero attached hydrogens (tertiary/aromatic N) is 1. The number of sulfonamides is 1. The van der Waals surface area contributed by atoms with E-state index in [1.54, 1.807) is 19.1 Å². The van der Waals surface area contributed by atoms with Crippen molar-refractivity contribution in [2.24, 2.45) is 5.92 Å². The van der Waals surface area contributed by atoms with E-state index >= 15 is 0 Å². The number of anilines is 1. The molecular formula is C22H24F2N2O6S. The van der Waals surface area contributed by atoms with Crippen LogP contribution in [0.2, 0.25) is 0 Å². The van der Waals surface area contributed by atoms with Crippen molar-refractivity contribution in [1.29, 1.82) is 0 Å². The molecule has 178 valence electrons. The Morgan fingerprint density at radius 1 is 1.12 bits per heavy atom. The van der Waals surface area contributed by atoms with Gasteiger partial charge in [0.1, 0.15) is 19.0 Å². The summed E-state index contributed by atoms with van der Waals surface area (Å²) in [7, 11) is -3.75. The smallest absolute Gasteiger partial charge is 0.387 e. The number of hydrogen-bond acceptors (Lipinski definition) is 6. The summed E-state index contributed by atoms with van der Waals surface area (Å²) in [5.41, 5.74) is 0.772. The lowest BCUT2D eigenvalue weighted by Gasteiger charge is -2.31. The monoisotopic (exact) mass is 482 g/mol. The second-order valence-electron chi connectivity index (χ2n) is 7.78. The predicted octanol–water partition coefficient (Wildman–Crippen LogP) is 3.41. The van der Waals surface area contributed by atoms with E-state index in [0.29, 0.717) is 48.8 Å². The van der Waals surface area contributed by atoms with Gasteiger partial charge in [-0.2, -0.15) is 13.1 Å². The SMILES string of the molecule is Cc1c(NC(=O)C2CCN(S(=O)(=O)c3ccc4c(c3)OCCO4)CC2)cccc1OC(F)F. The maximum Gasteiger partial charge on any atom is 0.387 e. The number of alkyl halides is 2. The zero-order chi connectivity index (χ0) is 23.6. The Morgan fingerprint density at radius 2 is 1.82 bits per heavy atom. The number of benzene rings is 2. The van der Waals surface area contributed by atoms with Crippen molar-refractivity contribution in [3.8, 4) is 17.2 Å². The van der Waals surface area contributed by atoms with Gasteiger partial charge < -0.3 is 19.5 Å². The Hall–Kier alpha value is -2.92. The molecule has 11 heteroatoms. The number of hydrogen-bond donors (Lipinski definition) is 1. The van der Waals surface area contributed by atoms with Crippen LogP contribution in [-0.4, -0.2) is 51.5 Å². The Kier molecular flexibility index (Phi) is 6.71. The normalized spacial score (nSPS) is 17.1. The van der Waals surface area contributed by atoms with E-state index in [9.17, 15) is 22.0 Å². The summed E-state index contributed by atoms with van der Waals surface area (Å²) < 4.78 is 68.0. The first kappa shape index (κ1) is 23.2. The van der Waals surface area contributed by atoms with Crippen LogP contribution >= 0.6 is 0 Å². The minimum absolute atomic E-state index is 0.0110. The minimum Gasteiger partial charge on any atom is -0.486 e. The fourth-order valence-electron chi connectivity index (χ4n) is 3.90. The molecule has 0 atom stereocenters. The first-order valence-corrected chi connectivity index (χ1v) is 11.9. The van der Waals surface area contributed by atoms with E-state index in [0.717, 1.165) is 0 Å². The summed E-state index contributed by atoms with van der Waals surface area (Å²) >= 11 is 0. The van der Waals surface area contributed by atoms with Gasteiger partial charge in [0.05, 0.1) is 4.90 Å². The number of amides is 1. The molecule has 0 spiro atoms. The van der Waals surface area contributed by atoms with Crippen LogP contribution in [0.4, 0.5) is 14.5 Å². The largest absolute Gasteiger partial charge is 0.486 e. The minimum atomic E-state index is -3.75. The van der Waals surface area contributed by atoms with E-state index in [2.05, 4.69) is 10.1 Å². The molecule has 0 aliphatic carbocycles. The van der Waals surface area contributed by atoms with Crippen molar-refractivity contribution >= 4 is 21.6 Å². The van der Waals surface area contributed by atoms with E-state index < -0.39 is 22.6 Å². The van der Waals surface area contributed by atoms with Crippen LogP contribution in [0.5, 0.6) is 17.2 Å². The van der Waals surface area contributed by atoms with Crippen molar-refractivity contribution in [1.82, 2.24) is 4.31 Å². The van der Waals surface area contributed by atoms with Crippen LogP contribution < -0.4 is 19.5 Å².